The number of hydrogen-bond acceptors (Lipinski definition) is 4. The van der Waals surface area contributed by atoms with Crippen molar-refractivity contribution in [2.45, 2.75) is 66.5 Å². The Balaban J connectivity index is 2.03. The Morgan fingerprint density at radius 2 is 1.86 bits per heavy atom. The highest BCUT2D eigenvalue weighted by Crippen LogP contribution is 2.21. The molecule has 0 aliphatic heterocycles. The molecule has 0 unspecified atom stereocenters. The minimum absolute atomic E-state index is 0.00505. The van der Waals surface area contributed by atoms with E-state index >= 15 is 0 Å². The predicted octanol–water partition coefficient (Wildman–Crippen LogP) is 5.12. The van der Waals surface area contributed by atoms with Gasteiger partial charge in [0.25, 0.3) is 5.91 Å². The number of nitrogens with one attached hydrogen (secondary N) is 2. The molecule has 1 aromatic carbocycles. The topological polar surface area (TPSA) is 74.3 Å². The molecule has 2 aromatic rings. The lowest BCUT2D eigenvalue weighted by Gasteiger charge is -2.27. The Bertz CT molecular complexity index is 812. The van der Waals surface area contributed by atoms with E-state index in [1.165, 1.54) is 11.3 Å². The van der Waals surface area contributed by atoms with Crippen molar-refractivity contribution in [1.29, 1.82) is 0 Å². The SMILES string of the molecule is CCCCCNC(=O)c1csc(CN(C(=O)Nc2c(C)cccc2C)C(C)C)n1. The van der Waals surface area contributed by atoms with Crippen molar-refractivity contribution in [3.8, 4) is 0 Å². The molecule has 3 amide bonds. The molecular formula is C22H32N4O2S. The van der Waals surface area contributed by atoms with Crippen LogP contribution in [0.25, 0.3) is 0 Å². The lowest BCUT2D eigenvalue weighted by molar-refractivity contribution is 0.0948. The molecule has 0 atom stereocenters. The Kier molecular flexibility index (Phi) is 8.64. The van der Waals surface area contributed by atoms with Crippen molar-refractivity contribution < 1.29 is 9.59 Å². The first-order valence-corrected chi connectivity index (χ1v) is 11.1. The Morgan fingerprint density at radius 1 is 1.17 bits per heavy atom. The summed E-state index contributed by atoms with van der Waals surface area (Å²) in [7, 11) is 0. The summed E-state index contributed by atoms with van der Waals surface area (Å²) < 4.78 is 0. The number of carbonyl (C=O) groups excluding carboxylic acids is 2. The van der Waals surface area contributed by atoms with Crippen LogP contribution in [0, 0.1) is 13.8 Å². The predicted molar refractivity (Wildman–Crippen MR) is 120 cm³/mol. The zero-order valence-electron chi connectivity index (χ0n) is 18.0. The molecule has 0 saturated heterocycles. The van der Waals surface area contributed by atoms with E-state index in [-0.39, 0.29) is 18.0 Å². The minimum atomic E-state index is -0.168. The summed E-state index contributed by atoms with van der Waals surface area (Å²) in [6.07, 6.45) is 3.19. The molecule has 29 heavy (non-hydrogen) atoms. The summed E-state index contributed by atoms with van der Waals surface area (Å²) in [5, 5.41) is 8.44. The third-order valence-corrected chi connectivity index (χ3v) is 5.59. The minimum Gasteiger partial charge on any atom is -0.351 e. The third-order valence-electron chi connectivity index (χ3n) is 4.75. The number of benzene rings is 1. The van der Waals surface area contributed by atoms with Gasteiger partial charge in [0.2, 0.25) is 0 Å². The number of para-hydroxylation sites is 1. The summed E-state index contributed by atoms with van der Waals surface area (Å²) in [4.78, 5) is 31.3. The third kappa shape index (κ3) is 6.56. The van der Waals surface area contributed by atoms with Crippen LogP contribution in [0.4, 0.5) is 10.5 Å². The lowest BCUT2D eigenvalue weighted by Crippen LogP contribution is -2.39. The monoisotopic (exact) mass is 416 g/mol. The van der Waals surface area contributed by atoms with E-state index in [1.54, 1.807) is 10.3 Å². The van der Waals surface area contributed by atoms with Gasteiger partial charge in [-0.2, -0.15) is 0 Å². The van der Waals surface area contributed by atoms with Crippen LogP contribution in [0.3, 0.4) is 0 Å². The van der Waals surface area contributed by atoms with E-state index in [0.717, 1.165) is 41.1 Å². The van der Waals surface area contributed by atoms with Gasteiger partial charge in [-0.25, -0.2) is 9.78 Å². The van der Waals surface area contributed by atoms with Gasteiger partial charge in [-0.3, -0.25) is 4.79 Å². The molecule has 0 bridgehead atoms. The Morgan fingerprint density at radius 3 is 2.48 bits per heavy atom. The second kappa shape index (κ2) is 11.0. The van der Waals surface area contributed by atoms with Gasteiger partial charge in [0.05, 0.1) is 6.54 Å². The average Bonchev–Trinajstić information content (AvgIpc) is 3.14. The van der Waals surface area contributed by atoms with Crippen LogP contribution < -0.4 is 10.6 Å². The normalized spacial score (nSPS) is 10.8. The van der Waals surface area contributed by atoms with Crippen LogP contribution >= 0.6 is 11.3 Å². The van der Waals surface area contributed by atoms with Gasteiger partial charge in [-0.1, -0.05) is 38.0 Å². The summed E-state index contributed by atoms with van der Waals surface area (Å²) >= 11 is 1.40. The zero-order valence-corrected chi connectivity index (χ0v) is 18.9. The second-order valence-electron chi connectivity index (χ2n) is 7.51. The molecule has 0 spiro atoms. The number of amides is 3. The molecule has 2 N–H and O–H groups in total. The van der Waals surface area contributed by atoms with Crippen LogP contribution in [0.1, 0.15) is 66.7 Å². The fourth-order valence-corrected chi connectivity index (χ4v) is 3.75. The molecule has 0 saturated carbocycles. The van der Waals surface area contributed by atoms with Crippen molar-refractivity contribution in [2.75, 3.05) is 11.9 Å². The van der Waals surface area contributed by atoms with E-state index in [4.69, 9.17) is 0 Å². The number of rotatable bonds is 9. The molecule has 0 radical (unpaired) electrons. The fraction of sp³-hybridized carbons (Fsp3) is 0.500. The van der Waals surface area contributed by atoms with Crippen molar-refractivity contribution in [2.24, 2.45) is 0 Å². The first kappa shape index (κ1) is 22.9. The van der Waals surface area contributed by atoms with Gasteiger partial charge in [-0.05, 0) is 45.2 Å². The highest BCUT2D eigenvalue weighted by molar-refractivity contribution is 7.09. The molecule has 1 heterocycles. The Hall–Kier alpha value is -2.41. The highest BCUT2D eigenvalue weighted by Gasteiger charge is 2.21. The van der Waals surface area contributed by atoms with Crippen molar-refractivity contribution >= 4 is 29.0 Å². The lowest BCUT2D eigenvalue weighted by atomic mass is 10.1. The van der Waals surface area contributed by atoms with E-state index in [1.807, 2.05) is 45.9 Å². The highest BCUT2D eigenvalue weighted by atomic mass is 32.1. The van der Waals surface area contributed by atoms with E-state index in [0.29, 0.717) is 18.8 Å². The van der Waals surface area contributed by atoms with Gasteiger partial charge in [0.1, 0.15) is 10.7 Å². The van der Waals surface area contributed by atoms with E-state index < -0.39 is 0 Å². The number of aromatic nitrogens is 1. The quantitative estimate of drug-likeness (QED) is 0.557. The number of hydrogen-bond donors (Lipinski definition) is 2. The van der Waals surface area contributed by atoms with Gasteiger partial charge in [0.15, 0.2) is 0 Å². The number of aryl methyl sites for hydroxylation is 2. The molecule has 0 aliphatic rings. The van der Waals surface area contributed by atoms with Crippen LogP contribution in [0.2, 0.25) is 0 Å². The molecule has 158 valence electrons. The van der Waals surface area contributed by atoms with Crippen LogP contribution in [0.5, 0.6) is 0 Å². The molecule has 1 aromatic heterocycles. The zero-order chi connectivity index (χ0) is 21.4. The van der Waals surface area contributed by atoms with Crippen molar-refractivity contribution in [3.63, 3.8) is 0 Å². The average molecular weight is 417 g/mol. The number of urea groups is 1. The van der Waals surface area contributed by atoms with Crippen LogP contribution in [-0.4, -0.2) is 34.4 Å². The Labute approximate surface area is 177 Å². The number of unbranched alkanes of at least 4 members (excludes halogenated alkanes) is 2. The summed E-state index contributed by atoms with van der Waals surface area (Å²) in [5.41, 5.74) is 3.31. The van der Waals surface area contributed by atoms with E-state index in [9.17, 15) is 9.59 Å². The van der Waals surface area contributed by atoms with Gasteiger partial charge in [-0.15, -0.1) is 11.3 Å². The summed E-state index contributed by atoms with van der Waals surface area (Å²) in [6.45, 7) is 11.1. The number of nitrogens with zero attached hydrogens (tertiary/aromatic N) is 2. The maximum Gasteiger partial charge on any atom is 0.322 e. The van der Waals surface area contributed by atoms with Gasteiger partial charge < -0.3 is 15.5 Å². The maximum absolute atomic E-state index is 12.9. The molecule has 0 fully saturated rings. The summed E-state index contributed by atoms with van der Waals surface area (Å²) in [6, 6.07) is 5.77. The van der Waals surface area contributed by atoms with Crippen molar-refractivity contribution in [3.05, 3.63) is 45.4 Å². The number of anilines is 1. The molecule has 7 heteroatoms. The van der Waals surface area contributed by atoms with Crippen molar-refractivity contribution in [1.82, 2.24) is 15.2 Å². The first-order valence-electron chi connectivity index (χ1n) is 10.2. The largest absolute Gasteiger partial charge is 0.351 e. The van der Waals surface area contributed by atoms with Gasteiger partial charge >= 0.3 is 6.03 Å². The van der Waals surface area contributed by atoms with Gasteiger partial charge in [0, 0.05) is 23.7 Å². The smallest absolute Gasteiger partial charge is 0.322 e. The molecular weight excluding hydrogens is 384 g/mol. The molecule has 2 rings (SSSR count). The summed E-state index contributed by atoms with van der Waals surface area (Å²) in [5.74, 6) is -0.153. The van der Waals surface area contributed by atoms with Crippen LogP contribution in [0.15, 0.2) is 23.6 Å². The molecule has 6 nitrogen and oxygen atoms in total. The fourth-order valence-electron chi connectivity index (χ4n) is 2.98. The maximum atomic E-state index is 12.9. The first-order chi connectivity index (χ1) is 13.8. The second-order valence-corrected chi connectivity index (χ2v) is 8.45. The van der Waals surface area contributed by atoms with Crippen LogP contribution in [-0.2, 0) is 6.54 Å². The van der Waals surface area contributed by atoms with E-state index in [2.05, 4.69) is 22.5 Å². The molecule has 0 aliphatic carbocycles. The number of carbonyl (C=O) groups is 2. The number of thiazole rings is 1. The standard InChI is InChI=1S/C22H32N4O2S/c1-6-7-8-12-23-21(27)18-14-29-19(24-18)13-26(15(2)3)22(28)25-20-16(4)10-9-11-17(20)5/h9-11,14-15H,6-8,12-13H2,1-5H3,(H,23,27)(H,25,28).